The third kappa shape index (κ3) is 5.28. The third-order valence-electron chi connectivity index (χ3n) is 6.65. The van der Waals surface area contributed by atoms with Gasteiger partial charge in [0.2, 0.25) is 5.91 Å². The van der Waals surface area contributed by atoms with E-state index in [-0.39, 0.29) is 30.9 Å². The highest BCUT2D eigenvalue weighted by atomic mass is 35.5. The number of aromatic nitrogens is 3. The number of amides is 2. The van der Waals surface area contributed by atoms with Crippen molar-refractivity contribution in [1.82, 2.24) is 25.2 Å². The SMILES string of the molecule is O=C(NC1CCCCC1)[C@H](c1ccco1)N(Cc1ccccc1Cl)C(=O)Cn1nnc2ccccc21. The summed E-state index contributed by atoms with van der Waals surface area (Å²) >= 11 is 6.47. The quantitative estimate of drug-likeness (QED) is 0.368. The Morgan fingerprint density at radius 2 is 1.83 bits per heavy atom. The predicted octanol–water partition coefficient (Wildman–Crippen LogP) is 4.90. The van der Waals surface area contributed by atoms with Gasteiger partial charge < -0.3 is 14.6 Å². The molecule has 1 saturated carbocycles. The van der Waals surface area contributed by atoms with Crippen LogP contribution < -0.4 is 5.32 Å². The lowest BCUT2D eigenvalue weighted by Gasteiger charge is -2.32. The summed E-state index contributed by atoms with van der Waals surface area (Å²) in [6, 6.07) is 17.3. The fraction of sp³-hybridized carbons (Fsp3) is 0.333. The second-order valence-corrected chi connectivity index (χ2v) is 9.52. The molecule has 0 aliphatic heterocycles. The van der Waals surface area contributed by atoms with Crippen LogP contribution in [0.15, 0.2) is 71.3 Å². The van der Waals surface area contributed by atoms with Crippen molar-refractivity contribution < 1.29 is 14.0 Å². The molecule has 2 amide bonds. The molecule has 9 heteroatoms. The average Bonchev–Trinajstić information content (AvgIpc) is 3.56. The molecule has 2 aromatic carbocycles. The molecule has 1 aliphatic rings. The Morgan fingerprint density at radius 1 is 1.06 bits per heavy atom. The van der Waals surface area contributed by atoms with Gasteiger partial charge in [0.1, 0.15) is 17.8 Å². The lowest BCUT2D eigenvalue weighted by atomic mass is 9.95. The van der Waals surface area contributed by atoms with Crippen LogP contribution in [0.3, 0.4) is 0 Å². The molecular formula is C27H28ClN5O3. The van der Waals surface area contributed by atoms with Crippen molar-refractivity contribution in [3.05, 3.63) is 83.3 Å². The van der Waals surface area contributed by atoms with Gasteiger partial charge in [0.15, 0.2) is 6.04 Å². The number of hydrogen-bond donors (Lipinski definition) is 1. The van der Waals surface area contributed by atoms with Gasteiger partial charge in [0, 0.05) is 17.6 Å². The van der Waals surface area contributed by atoms with Crippen LogP contribution in [0.5, 0.6) is 0 Å². The van der Waals surface area contributed by atoms with Crippen LogP contribution in [0.1, 0.15) is 49.5 Å². The largest absolute Gasteiger partial charge is 0.467 e. The van der Waals surface area contributed by atoms with Gasteiger partial charge in [-0.25, -0.2) is 4.68 Å². The van der Waals surface area contributed by atoms with Crippen LogP contribution >= 0.6 is 11.6 Å². The minimum absolute atomic E-state index is 0.0836. The van der Waals surface area contributed by atoms with Gasteiger partial charge in [-0.3, -0.25) is 9.59 Å². The molecule has 1 N–H and O–H groups in total. The maximum absolute atomic E-state index is 13.9. The number of para-hydroxylation sites is 1. The molecule has 2 heterocycles. The van der Waals surface area contributed by atoms with E-state index in [0.29, 0.717) is 16.3 Å². The molecule has 0 unspecified atom stereocenters. The van der Waals surface area contributed by atoms with Gasteiger partial charge in [-0.05, 0) is 48.7 Å². The molecule has 1 aliphatic carbocycles. The molecular weight excluding hydrogens is 478 g/mol. The molecule has 1 fully saturated rings. The molecule has 0 radical (unpaired) electrons. The third-order valence-corrected chi connectivity index (χ3v) is 7.02. The van der Waals surface area contributed by atoms with Crippen LogP contribution in [0.2, 0.25) is 5.02 Å². The van der Waals surface area contributed by atoms with Crippen LogP contribution in [0.4, 0.5) is 0 Å². The molecule has 0 bridgehead atoms. The first-order valence-electron chi connectivity index (χ1n) is 12.2. The fourth-order valence-electron chi connectivity index (χ4n) is 4.78. The first-order chi connectivity index (χ1) is 17.6. The zero-order valence-corrected chi connectivity index (χ0v) is 20.6. The molecule has 0 spiro atoms. The van der Waals surface area contributed by atoms with E-state index >= 15 is 0 Å². The molecule has 1 atom stereocenters. The number of rotatable bonds is 8. The number of nitrogens with zero attached hydrogens (tertiary/aromatic N) is 4. The van der Waals surface area contributed by atoms with Gasteiger partial charge >= 0.3 is 0 Å². The lowest BCUT2D eigenvalue weighted by molar-refractivity contribution is -0.143. The lowest BCUT2D eigenvalue weighted by Crippen LogP contribution is -2.47. The Hall–Kier alpha value is -3.65. The van der Waals surface area contributed by atoms with E-state index in [1.165, 1.54) is 17.6 Å². The Labute approximate surface area is 214 Å². The average molecular weight is 506 g/mol. The second-order valence-electron chi connectivity index (χ2n) is 9.11. The maximum Gasteiger partial charge on any atom is 0.250 e. The Balaban J connectivity index is 1.49. The summed E-state index contributed by atoms with van der Waals surface area (Å²) < 4.78 is 7.24. The van der Waals surface area contributed by atoms with Crippen molar-refractivity contribution in [3.8, 4) is 0 Å². The zero-order chi connectivity index (χ0) is 24.9. The number of carbonyl (C=O) groups is 2. The Bertz CT molecular complexity index is 1330. The van der Waals surface area contributed by atoms with E-state index in [0.717, 1.165) is 36.8 Å². The summed E-state index contributed by atoms with van der Waals surface area (Å²) in [5.41, 5.74) is 2.17. The summed E-state index contributed by atoms with van der Waals surface area (Å²) in [5.74, 6) is -0.168. The number of hydrogen-bond acceptors (Lipinski definition) is 5. The molecule has 8 nitrogen and oxygen atoms in total. The van der Waals surface area contributed by atoms with Crippen LogP contribution in [-0.4, -0.2) is 37.7 Å². The highest BCUT2D eigenvalue weighted by Crippen LogP contribution is 2.28. The van der Waals surface area contributed by atoms with E-state index in [2.05, 4.69) is 15.6 Å². The summed E-state index contributed by atoms with van der Waals surface area (Å²) in [4.78, 5) is 29.1. The van der Waals surface area contributed by atoms with Crippen LogP contribution in [0.25, 0.3) is 11.0 Å². The maximum atomic E-state index is 13.9. The summed E-state index contributed by atoms with van der Waals surface area (Å²) in [6.07, 6.45) is 6.71. The number of fused-ring (bicyclic) bond motifs is 1. The minimum atomic E-state index is -0.958. The Kier molecular flexibility index (Phi) is 7.32. The predicted molar refractivity (Wildman–Crippen MR) is 136 cm³/mol. The normalized spacial score (nSPS) is 15.0. The summed E-state index contributed by atoms with van der Waals surface area (Å²) in [7, 11) is 0. The van der Waals surface area contributed by atoms with E-state index in [1.54, 1.807) is 22.9 Å². The molecule has 186 valence electrons. The highest BCUT2D eigenvalue weighted by molar-refractivity contribution is 6.31. The van der Waals surface area contributed by atoms with Crippen molar-refractivity contribution >= 4 is 34.4 Å². The van der Waals surface area contributed by atoms with Gasteiger partial charge in [0.05, 0.1) is 11.8 Å². The number of carbonyl (C=O) groups excluding carboxylic acids is 2. The van der Waals surface area contributed by atoms with E-state index < -0.39 is 6.04 Å². The van der Waals surface area contributed by atoms with Crippen molar-refractivity contribution in [2.75, 3.05) is 0 Å². The van der Waals surface area contributed by atoms with Crippen LogP contribution in [0, 0.1) is 0 Å². The molecule has 36 heavy (non-hydrogen) atoms. The van der Waals surface area contributed by atoms with Gasteiger partial charge in [-0.15, -0.1) is 5.10 Å². The molecule has 2 aromatic heterocycles. The first kappa shape index (κ1) is 24.1. The van der Waals surface area contributed by atoms with Crippen LogP contribution in [-0.2, 0) is 22.7 Å². The van der Waals surface area contributed by atoms with E-state index in [1.807, 2.05) is 42.5 Å². The van der Waals surface area contributed by atoms with Gasteiger partial charge in [-0.2, -0.15) is 0 Å². The number of halogens is 1. The van der Waals surface area contributed by atoms with Crippen molar-refractivity contribution in [2.45, 2.75) is 57.3 Å². The summed E-state index contributed by atoms with van der Waals surface area (Å²) in [5, 5.41) is 12.0. The summed E-state index contributed by atoms with van der Waals surface area (Å²) in [6.45, 7) is 0.0491. The second kappa shape index (κ2) is 11.0. The van der Waals surface area contributed by atoms with E-state index in [4.69, 9.17) is 16.0 Å². The first-order valence-corrected chi connectivity index (χ1v) is 12.6. The van der Waals surface area contributed by atoms with Gasteiger partial charge in [-0.1, -0.05) is 66.4 Å². The van der Waals surface area contributed by atoms with Crippen molar-refractivity contribution in [1.29, 1.82) is 0 Å². The van der Waals surface area contributed by atoms with E-state index in [9.17, 15) is 9.59 Å². The monoisotopic (exact) mass is 505 g/mol. The van der Waals surface area contributed by atoms with Gasteiger partial charge in [0.25, 0.3) is 5.91 Å². The molecule has 4 aromatic rings. The highest BCUT2D eigenvalue weighted by Gasteiger charge is 2.35. The Morgan fingerprint density at radius 3 is 2.61 bits per heavy atom. The molecule has 5 rings (SSSR count). The minimum Gasteiger partial charge on any atom is -0.467 e. The number of furan rings is 1. The number of nitrogens with one attached hydrogen (secondary N) is 1. The van der Waals surface area contributed by atoms with Crippen molar-refractivity contribution in [3.63, 3.8) is 0 Å². The standard InChI is InChI=1S/C27H28ClN5O3/c28-21-12-5-4-9-19(21)17-32(25(34)18-33-23-14-7-6-13-22(23)30-31-33)26(24-15-8-16-36-24)27(35)29-20-10-2-1-3-11-20/h4-9,12-16,20,26H,1-3,10-11,17-18H2,(H,29,35)/t26-/m0/s1. The fourth-order valence-corrected chi connectivity index (χ4v) is 4.98. The molecule has 0 saturated heterocycles. The smallest absolute Gasteiger partial charge is 0.250 e. The topological polar surface area (TPSA) is 93.3 Å². The zero-order valence-electron chi connectivity index (χ0n) is 19.8. The van der Waals surface area contributed by atoms with Crippen molar-refractivity contribution in [2.24, 2.45) is 0 Å². The number of benzene rings is 2.